The molecule has 0 aromatic heterocycles. The van der Waals surface area contributed by atoms with E-state index < -0.39 is 16.1 Å². The minimum Gasteiger partial charge on any atom is -0.368 e. The van der Waals surface area contributed by atoms with Crippen LogP contribution in [-0.4, -0.2) is 46.4 Å². The Morgan fingerprint density at radius 1 is 1.48 bits per heavy atom. The van der Waals surface area contributed by atoms with Crippen molar-refractivity contribution in [3.05, 3.63) is 28.8 Å². The van der Waals surface area contributed by atoms with Gasteiger partial charge in [-0.3, -0.25) is 9.10 Å². The summed E-state index contributed by atoms with van der Waals surface area (Å²) in [6.07, 6.45) is 2.29. The average Bonchev–Trinajstić information content (AvgIpc) is 3.00. The number of anilines is 1. The predicted molar refractivity (Wildman–Crippen MR) is 90.4 cm³/mol. The molecule has 1 aliphatic heterocycles. The van der Waals surface area contributed by atoms with Gasteiger partial charge in [0.1, 0.15) is 6.10 Å². The molecule has 6 nitrogen and oxygen atoms in total. The first-order chi connectivity index (χ1) is 10.8. The van der Waals surface area contributed by atoms with E-state index >= 15 is 0 Å². The third-order valence-corrected chi connectivity index (χ3v) is 5.33. The van der Waals surface area contributed by atoms with E-state index in [4.69, 9.17) is 16.3 Å². The van der Waals surface area contributed by atoms with Crippen LogP contribution in [0.3, 0.4) is 0 Å². The van der Waals surface area contributed by atoms with Gasteiger partial charge in [0.2, 0.25) is 15.9 Å². The number of sulfonamides is 1. The summed E-state index contributed by atoms with van der Waals surface area (Å²) in [4.78, 5) is 11.9. The molecule has 1 unspecified atom stereocenters. The van der Waals surface area contributed by atoms with Crippen LogP contribution in [0, 0.1) is 6.92 Å². The van der Waals surface area contributed by atoms with Crippen molar-refractivity contribution < 1.29 is 17.9 Å². The van der Waals surface area contributed by atoms with Crippen LogP contribution in [0.2, 0.25) is 5.02 Å². The molecule has 1 fully saturated rings. The fourth-order valence-electron chi connectivity index (χ4n) is 2.51. The first kappa shape index (κ1) is 18.0. The summed E-state index contributed by atoms with van der Waals surface area (Å²) < 4.78 is 30.7. The van der Waals surface area contributed by atoms with Gasteiger partial charge < -0.3 is 10.1 Å². The Morgan fingerprint density at radius 2 is 2.22 bits per heavy atom. The Bertz CT molecular complexity index is 672. The number of benzene rings is 1. The first-order valence-corrected chi connectivity index (χ1v) is 9.65. The SMILES string of the molecule is Cc1c(Cl)cccc1N(CCNC(=O)C1CCCO1)S(C)(=O)=O. The summed E-state index contributed by atoms with van der Waals surface area (Å²) in [5.41, 5.74) is 1.21. The lowest BCUT2D eigenvalue weighted by Gasteiger charge is -2.25. The molecule has 1 saturated heterocycles. The molecule has 128 valence electrons. The highest BCUT2D eigenvalue weighted by Gasteiger charge is 2.24. The molecule has 1 atom stereocenters. The molecule has 2 rings (SSSR count). The van der Waals surface area contributed by atoms with Crippen molar-refractivity contribution in [2.75, 3.05) is 30.3 Å². The van der Waals surface area contributed by atoms with E-state index in [0.29, 0.717) is 29.3 Å². The molecule has 8 heteroatoms. The summed E-state index contributed by atoms with van der Waals surface area (Å²) >= 11 is 6.07. The van der Waals surface area contributed by atoms with Crippen molar-refractivity contribution in [1.29, 1.82) is 0 Å². The lowest BCUT2D eigenvalue weighted by Crippen LogP contribution is -2.41. The lowest BCUT2D eigenvalue weighted by atomic mass is 10.2. The molecule has 1 aliphatic rings. The molecule has 0 bridgehead atoms. The normalized spacial score (nSPS) is 18.0. The number of hydrogen-bond acceptors (Lipinski definition) is 4. The monoisotopic (exact) mass is 360 g/mol. The van der Waals surface area contributed by atoms with E-state index in [2.05, 4.69) is 5.32 Å². The quantitative estimate of drug-likeness (QED) is 0.838. The molecule has 1 amide bonds. The zero-order chi connectivity index (χ0) is 17.0. The summed E-state index contributed by atoms with van der Waals surface area (Å²) in [7, 11) is -3.48. The standard InChI is InChI=1S/C15H21ClN2O4S/c1-11-12(16)5-3-6-13(11)18(23(2,20)21)9-8-17-15(19)14-7-4-10-22-14/h3,5-6,14H,4,7-10H2,1-2H3,(H,17,19). The Morgan fingerprint density at radius 3 is 2.83 bits per heavy atom. The van der Waals surface area contributed by atoms with Gasteiger partial charge in [0.25, 0.3) is 0 Å². The van der Waals surface area contributed by atoms with Crippen molar-refractivity contribution >= 4 is 33.2 Å². The number of halogens is 1. The number of ether oxygens (including phenoxy) is 1. The summed E-state index contributed by atoms with van der Waals surface area (Å²) in [6, 6.07) is 5.11. The van der Waals surface area contributed by atoms with Crippen molar-refractivity contribution in [1.82, 2.24) is 5.32 Å². The van der Waals surface area contributed by atoms with Crippen molar-refractivity contribution in [2.24, 2.45) is 0 Å². The first-order valence-electron chi connectivity index (χ1n) is 7.43. The van der Waals surface area contributed by atoms with Crippen molar-refractivity contribution in [3.63, 3.8) is 0 Å². The fourth-order valence-corrected chi connectivity index (χ4v) is 3.66. The van der Waals surface area contributed by atoms with Gasteiger partial charge >= 0.3 is 0 Å². The molecule has 0 saturated carbocycles. The highest BCUT2D eigenvalue weighted by Crippen LogP contribution is 2.27. The minimum atomic E-state index is -3.48. The van der Waals surface area contributed by atoms with E-state index in [1.807, 2.05) is 0 Å². The van der Waals surface area contributed by atoms with Crippen LogP contribution in [0.5, 0.6) is 0 Å². The molecule has 23 heavy (non-hydrogen) atoms. The van der Waals surface area contributed by atoms with Crippen LogP contribution < -0.4 is 9.62 Å². The maximum Gasteiger partial charge on any atom is 0.249 e. The summed E-state index contributed by atoms with van der Waals surface area (Å²) in [5, 5.41) is 3.23. The van der Waals surface area contributed by atoms with Gasteiger partial charge in [0.15, 0.2) is 0 Å². The molecule has 0 aliphatic carbocycles. The number of hydrogen-bond donors (Lipinski definition) is 1. The number of carbonyl (C=O) groups is 1. The molecule has 1 aromatic carbocycles. The van der Waals surface area contributed by atoms with Gasteiger partial charge in [-0.2, -0.15) is 0 Å². The Balaban J connectivity index is 2.05. The second-order valence-corrected chi connectivity index (χ2v) is 7.83. The number of nitrogens with zero attached hydrogens (tertiary/aromatic N) is 1. The maximum atomic E-state index is 12.1. The minimum absolute atomic E-state index is 0.137. The van der Waals surface area contributed by atoms with Crippen LogP contribution in [0.25, 0.3) is 0 Å². The van der Waals surface area contributed by atoms with Gasteiger partial charge in [-0.05, 0) is 37.5 Å². The summed E-state index contributed by atoms with van der Waals surface area (Å²) in [6.45, 7) is 2.70. The van der Waals surface area contributed by atoms with Gasteiger partial charge in [-0.15, -0.1) is 0 Å². The predicted octanol–water partition coefficient (Wildman–Crippen LogP) is 1.71. The topological polar surface area (TPSA) is 75.7 Å². The van der Waals surface area contributed by atoms with Gasteiger partial charge in [0.05, 0.1) is 18.5 Å². The van der Waals surface area contributed by atoms with Gasteiger partial charge in [-0.25, -0.2) is 8.42 Å². The van der Waals surface area contributed by atoms with Gasteiger partial charge in [0, 0.05) is 18.2 Å². The van der Waals surface area contributed by atoms with E-state index in [1.54, 1.807) is 25.1 Å². The summed E-state index contributed by atoms with van der Waals surface area (Å²) in [5.74, 6) is -0.196. The number of amides is 1. The number of rotatable bonds is 6. The third-order valence-electron chi connectivity index (χ3n) is 3.74. The van der Waals surface area contributed by atoms with Crippen LogP contribution in [-0.2, 0) is 19.6 Å². The molecule has 1 N–H and O–H groups in total. The van der Waals surface area contributed by atoms with Crippen LogP contribution >= 0.6 is 11.6 Å². The molecule has 1 heterocycles. The molecular formula is C15H21ClN2O4S. The fraction of sp³-hybridized carbons (Fsp3) is 0.533. The zero-order valence-electron chi connectivity index (χ0n) is 13.2. The Labute approximate surface area is 141 Å². The molecule has 0 radical (unpaired) electrons. The molecule has 0 spiro atoms. The number of nitrogens with one attached hydrogen (secondary N) is 1. The van der Waals surface area contributed by atoms with Crippen LogP contribution in [0.15, 0.2) is 18.2 Å². The van der Waals surface area contributed by atoms with Crippen molar-refractivity contribution in [3.8, 4) is 0 Å². The molecule has 1 aromatic rings. The van der Waals surface area contributed by atoms with Crippen LogP contribution in [0.1, 0.15) is 18.4 Å². The Kier molecular flexibility index (Phi) is 5.89. The number of carbonyl (C=O) groups excluding carboxylic acids is 1. The third kappa shape index (κ3) is 4.59. The van der Waals surface area contributed by atoms with E-state index in [0.717, 1.165) is 12.7 Å². The zero-order valence-corrected chi connectivity index (χ0v) is 14.8. The highest BCUT2D eigenvalue weighted by molar-refractivity contribution is 7.92. The highest BCUT2D eigenvalue weighted by atomic mass is 35.5. The smallest absolute Gasteiger partial charge is 0.249 e. The van der Waals surface area contributed by atoms with E-state index in [-0.39, 0.29) is 19.0 Å². The lowest BCUT2D eigenvalue weighted by molar-refractivity contribution is -0.129. The second-order valence-electron chi connectivity index (χ2n) is 5.51. The van der Waals surface area contributed by atoms with E-state index in [1.165, 1.54) is 4.31 Å². The van der Waals surface area contributed by atoms with Gasteiger partial charge in [-0.1, -0.05) is 17.7 Å². The largest absolute Gasteiger partial charge is 0.368 e. The second kappa shape index (κ2) is 7.51. The van der Waals surface area contributed by atoms with Crippen LogP contribution in [0.4, 0.5) is 5.69 Å². The maximum absolute atomic E-state index is 12.1. The Hall–Kier alpha value is -1.31. The van der Waals surface area contributed by atoms with E-state index in [9.17, 15) is 13.2 Å². The molecular weight excluding hydrogens is 340 g/mol. The van der Waals surface area contributed by atoms with Crippen molar-refractivity contribution in [2.45, 2.75) is 25.9 Å². The average molecular weight is 361 g/mol.